The summed E-state index contributed by atoms with van der Waals surface area (Å²) in [6.45, 7) is 5.48. The number of aromatic nitrogens is 2. The molecule has 1 saturated heterocycles. The fourth-order valence-corrected chi connectivity index (χ4v) is 3.63. The monoisotopic (exact) mass is 408 g/mol. The van der Waals surface area contributed by atoms with Gasteiger partial charge in [-0.2, -0.15) is 4.98 Å². The molecule has 1 atom stereocenters. The highest BCUT2D eigenvalue weighted by Gasteiger charge is 2.28. The number of likely N-dealkylation sites (tertiary alicyclic amines) is 1. The first-order chi connectivity index (χ1) is 14.5. The lowest BCUT2D eigenvalue weighted by Crippen LogP contribution is -2.41. The topological polar surface area (TPSA) is 71.3 Å². The molecule has 4 rings (SSSR count). The van der Waals surface area contributed by atoms with Gasteiger partial charge in [0.1, 0.15) is 5.82 Å². The van der Waals surface area contributed by atoms with E-state index in [1.54, 1.807) is 17.0 Å². The van der Waals surface area contributed by atoms with Crippen molar-refractivity contribution in [3.8, 4) is 11.4 Å². The SMILES string of the molecule is CC(C)c1ccc(NC(=O)N2CCCC(c3nc(-c4ccc(F)cc4)no3)C2)cc1. The molecule has 1 N–H and O–H groups in total. The molecule has 2 aromatic carbocycles. The number of carbonyl (C=O) groups is 1. The van der Waals surface area contributed by atoms with E-state index in [1.165, 1.54) is 17.7 Å². The standard InChI is InChI=1S/C23H25FN4O2/c1-15(2)16-7-11-20(12-8-16)25-23(29)28-13-3-4-18(14-28)22-26-21(27-30-22)17-5-9-19(24)10-6-17/h5-12,15,18H,3-4,13-14H2,1-2H3,(H,25,29). The number of amides is 2. The fourth-order valence-electron chi connectivity index (χ4n) is 3.63. The summed E-state index contributed by atoms with van der Waals surface area (Å²) < 4.78 is 18.6. The van der Waals surface area contributed by atoms with Gasteiger partial charge in [-0.15, -0.1) is 0 Å². The Hall–Kier alpha value is -3.22. The Kier molecular flexibility index (Phi) is 5.79. The number of carbonyl (C=O) groups excluding carboxylic acids is 1. The van der Waals surface area contributed by atoms with Crippen LogP contribution in [-0.2, 0) is 0 Å². The van der Waals surface area contributed by atoms with E-state index in [-0.39, 0.29) is 17.8 Å². The van der Waals surface area contributed by atoms with Crippen molar-refractivity contribution in [1.82, 2.24) is 15.0 Å². The summed E-state index contributed by atoms with van der Waals surface area (Å²) in [5.74, 6) is 1.06. The molecule has 1 aliphatic heterocycles. The van der Waals surface area contributed by atoms with Gasteiger partial charge in [-0.3, -0.25) is 0 Å². The van der Waals surface area contributed by atoms with Crippen molar-refractivity contribution >= 4 is 11.7 Å². The third-order valence-electron chi connectivity index (χ3n) is 5.43. The summed E-state index contributed by atoms with van der Waals surface area (Å²) in [5, 5.41) is 6.99. The maximum absolute atomic E-state index is 13.1. The van der Waals surface area contributed by atoms with E-state index in [0.717, 1.165) is 18.5 Å². The van der Waals surface area contributed by atoms with Gasteiger partial charge in [0, 0.05) is 24.3 Å². The summed E-state index contributed by atoms with van der Waals surface area (Å²) in [7, 11) is 0. The van der Waals surface area contributed by atoms with Crippen LogP contribution < -0.4 is 5.32 Å². The van der Waals surface area contributed by atoms with Gasteiger partial charge < -0.3 is 14.7 Å². The number of hydrogen-bond acceptors (Lipinski definition) is 4. The lowest BCUT2D eigenvalue weighted by atomic mass is 9.98. The van der Waals surface area contributed by atoms with Crippen LogP contribution in [0.15, 0.2) is 53.1 Å². The van der Waals surface area contributed by atoms with Crippen LogP contribution in [0.4, 0.5) is 14.9 Å². The predicted octanol–water partition coefficient (Wildman–Crippen LogP) is 5.41. The molecule has 0 radical (unpaired) electrons. The summed E-state index contributed by atoms with van der Waals surface area (Å²) in [4.78, 5) is 19.0. The largest absolute Gasteiger partial charge is 0.339 e. The lowest BCUT2D eigenvalue weighted by molar-refractivity contribution is 0.184. The van der Waals surface area contributed by atoms with E-state index < -0.39 is 0 Å². The Morgan fingerprint density at radius 2 is 1.90 bits per heavy atom. The van der Waals surface area contributed by atoms with E-state index in [9.17, 15) is 9.18 Å². The molecular weight excluding hydrogens is 383 g/mol. The number of anilines is 1. The summed E-state index contributed by atoms with van der Waals surface area (Å²) >= 11 is 0. The smallest absolute Gasteiger partial charge is 0.321 e. The molecule has 3 aromatic rings. The van der Waals surface area contributed by atoms with Gasteiger partial charge in [-0.25, -0.2) is 9.18 Å². The molecule has 30 heavy (non-hydrogen) atoms. The molecular formula is C23H25FN4O2. The van der Waals surface area contributed by atoms with Crippen LogP contribution in [0.2, 0.25) is 0 Å². The fraction of sp³-hybridized carbons (Fsp3) is 0.348. The normalized spacial score (nSPS) is 16.7. The third-order valence-corrected chi connectivity index (χ3v) is 5.43. The number of nitrogens with one attached hydrogen (secondary N) is 1. The molecule has 1 fully saturated rings. The molecule has 2 amide bonds. The van der Waals surface area contributed by atoms with Gasteiger partial charge >= 0.3 is 6.03 Å². The van der Waals surface area contributed by atoms with Crippen molar-refractivity contribution in [1.29, 1.82) is 0 Å². The van der Waals surface area contributed by atoms with Crippen LogP contribution in [0.5, 0.6) is 0 Å². The van der Waals surface area contributed by atoms with Crippen molar-refractivity contribution in [2.45, 2.75) is 38.5 Å². The molecule has 0 bridgehead atoms. The van der Waals surface area contributed by atoms with E-state index in [0.29, 0.717) is 36.3 Å². The minimum atomic E-state index is -0.310. The molecule has 156 valence electrons. The summed E-state index contributed by atoms with van der Waals surface area (Å²) in [5.41, 5.74) is 2.71. The molecule has 0 saturated carbocycles. The molecule has 6 nitrogen and oxygen atoms in total. The molecule has 7 heteroatoms. The Morgan fingerprint density at radius 3 is 2.60 bits per heavy atom. The van der Waals surface area contributed by atoms with Crippen LogP contribution >= 0.6 is 0 Å². The maximum Gasteiger partial charge on any atom is 0.321 e. The van der Waals surface area contributed by atoms with E-state index >= 15 is 0 Å². The second-order valence-corrected chi connectivity index (χ2v) is 7.96. The molecule has 1 aliphatic rings. The van der Waals surface area contributed by atoms with Crippen LogP contribution in [0.1, 0.15) is 50.0 Å². The summed E-state index contributed by atoms with van der Waals surface area (Å²) in [6, 6.07) is 13.8. The molecule has 2 heterocycles. The van der Waals surface area contributed by atoms with Crippen molar-refractivity contribution in [3.05, 3.63) is 65.8 Å². The summed E-state index contributed by atoms with van der Waals surface area (Å²) in [6.07, 6.45) is 1.73. The maximum atomic E-state index is 13.1. The van der Waals surface area contributed by atoms with Crippen molar-refractivity contribution in [2.75, 3.05) is 18.4 Å². The quantitative estimate of drug-likeness (QED) is 0.626. The van der Waals surface area contributed by atoms with E-state index in [1.807, 2.05) is 24.3 Å². The number of hydrogen-bond donors (Lipinski definition) is 1. The Labute approximate surface area is 175 Å². The highest BCUT2D eigenvalue weighted by molar-refractivity contribution is 5.89. The molecule has 1 aromatic heterocycles. The highest BCUT2D eigenvalue weighted by atomic mass is 19.1. The first-order valence-corrected chi connectivity index (χ1v) is 10.2. The van der Waals surface area contributed by atoms with Crippen LogP contribution in [0.25, 0.3) is 11.4 Å². The Morgan fingerprint density at radius 1 is 1.17 bits per heavy atom. The number of urea groups is 1. The van der Waals surface area contributed by atoms with Crippen LogP contribution in [0.3, 0.4) is 0 Å². The van der Waals surface area contributed by atoms with Gasteiger partial charge in [0.15, 0.2) is 0 Å². The van der Waals surface area contributed by atoms with Crippen LogP contribution in [-0.4, -0.2) is 34.2 Å². The molecule has 1 unspecified atom stereocenters. The van der Waals surface area contributed by atoms with Gasteiger partial charge in [0.2, 0.25) is 11.7 Å². The number of halogens is 1. The lowest BCUT2D eigenvalue weighted by Gasteiger charge is -2.31. The van der Waals surface area contributed by atoms with E-state index in [2.05, 4.69) is 29.3 Å². The molecule has 0 spiro atoms. The zero-order valence-electron chi connectivity index (χ0n) is 17.1. The molecule has 0 aliphatic carbocycles. The second-order valence-electron chi connectivity index (χ2n) is 7.96. The zero-order valence-corrected chi connectivity index (χ0v) is 17.1. The van der Waals surface area contributed by atoms with Crippen LogP contribution in [0, 0.1) is 5.82 Å². The van der Waals surface area contributed by atoms with Gasteiger partial charge in [-0.1, -0.05) is 31.1 Å². The van der Waals surface area contributed by atoms with E-state index in [4.69, 9.17) is 4.52 Å². The zero-order chi connectivity index (χ0) is 21.1. The highest BCUT2D eigenvalue weighted by Crippen LogP contribution is 2.28. The van der Waals surface area contributed by atoms with Crippen molar-refractivity contribution in [2.24, 2.45) is 0 Å². The van der Waals surface area contributed by atoms with Gasteiger partial charge in [0.25, 0.3) is 0 Å². The van der Waals surface area contributed by atoms with Crippen molar-refractivity contribution < 1.29 is 13.7 Å². The predicted molar refractivity (Wildman–Crippen MR) is 113 cm³/mol. The number of nitrogens with zero attached hydrogens (tertiary/aromatic N) is 3. The van der Waals surface area contributed by atoms with Gasteiger partial charge in [-0.05, 0) is 60.7 Å². The average Bonchev–Trinajstić information content (AvgIpc) is 3.25. The first-order valence-electron chi connectivity index (χ1n) is 10.2. The number of rotatable bonds is 4. The minimum Gasteiger partial charge on any atom is -0.339 e. The second kappa shape index (κ2) is 8.65. The third kappa shape index (κ3) is 4.50. The van der Waals surface area contributed by atoms with Gasteiger partial charge in [0.05, 0.1) is 5.92 Å². The Bertz CT molecular complexity index is 999. The number of piperidine rings is 1. The first kappa shape index (κ1) is 20.1. The average molecular weight is 408 g/mol. The number of benzene rings is 2. The minimum absolute atomic E-state index is 0.0190. The Balaban J connectivity index is 1.40. The van der Waals surface area contributed by atoms with Crippen molar-refractivity contribution in [3.63, 3.8) is 0 Å².